The van der Waals surface area contributed by atoms with Crippen molar-refractivity contribution >= 4 is 23.6 Å². The minimum Gasteiger partial charge on any atom is -0.310 e. The number of nitrogens with zero attached hydrogens (tertiary/aromatic N) is 3. The zero-order valence-electron chi connectivity index (χ0n) is 14.6. The molecule has 0 fully saturated rings. The van der Waals surface area contributed by atoms with E-state index in [-0.39, 0.29) is 0 Å². The third-order valence-electron chi connectivity index (χ3n) is 5.22. The molecule has 0 spiro atoms. The van der Waals surface area contributed by atoms with Crippen molar-refractivity contribution < 1.29 is 4.90 Å². The van der Waals surface area contributed by atoms with E-state index in [4.69, 9.17) is 17.3 Å². The third-order valence-corrected chi connectivity index (χ3v) is 6.70. The molecule has 25 heavy (non-hydrogen) atoms. The largest absolute Gasteiger partial charge is 0.310 e. The Kier molecular flexibility index (Phi) is 4.58. The van der Waals surface area contributed by atoms with Gasteiger partial charge in [0.1, 0.15) is 11.9 Å². The van der Waals surface area contributed by atoms with Crippen molar-refractivity contribution in [3.05, 3.63) is 68.4 Å². The summed E-state index contributed by atoms with van der Waals surface area (Å²) in [6.07, 6.45) is 1.97. The molecule has 0 radical (unpaired) electrons. The first-order chi connectivity index (χ1) is 12.1. The fourth-order valence-corrected chi connectivity index (χ4v) is 4.82. The fraction of sp³-hybridized carbons (Fsp3) is 0.368. The number of hydrogen-bond acceptors (Lipinski definition) is 3. The molecule has 4 rings (SSSR count). The Labute approximate surface area is 157 Å². The van der Waals surface area contributed by atoms with Crippen LogP contribution in [0, 0.1) is 4.77 Å². The van der Waals surface area contributed by atoms with Gasteiger partial charge in [0.15, 0.2) is 6.67 Å². The zero-order valence-corrected chi connectivity index (χ0v) is 16.2. The highest BCUT2D eigenvalue weighted by Crippen LogP contribution is 2.24. The predicted octanol–water partition coefficient (Wildman–Crippen LogP) is 2.76. The molecule has 1 unspecified atom stereocenters. The molecular weight excluding hydrogens is 348 g/mol. The van der Waals surface area contributed by atoms with Crippen LogP contribution in [0.15, 0.2) is 41.8 Å². The van der Waals surface area contributed by atoms with E-state index in [0.717, 1.165) is 36.7 Å². The molecule has 130 valence electrons. The number of quaternary nitrogens is 1. The second-order valence-corrected chi connectivity index (χ2v) is 8.12. The fourth-order valence-electron chi connectivity index (χ4n) is 3.63. The van der Waals surface area contributed by atoms with Gasteiger partial charge >= 0.3 is 0 Å². The molecule has 4 nitrogen and oxygen atoms in total. The Balaban J connectivity index is 1.56. The van der Waals surface area contributed by atoms with E-state index >= 15 is 0 Å². The second kappa shape index (κ2) is 6.86. The quantitative estimate of drug-likeness (QED) is 0.714. The van der Waals surface area contributed by atoms with Crippen molar-refractivity contribution in [2.45, 2.75) is 32.5 Å². The van der Waals surface area contributed by atoms with E-state index in [0.29, 0.717) is 6.04 Å². The Bertz CT molecular complexity index is 923. The minimum absolute atomic E-state index is 0.497. The third kappa shape index (κ3) is 3.21. The number of hydrogen-bond donors (Lipinski definition) is 1. The summed E-state index contributed by atoms with van der Waals surface area (Å²) in [5, 5.41) is 7.05. The van der Waals surface area contributed by atoms with Crippen LogP contribution < -0.4 is 4.90 Å². The van der Waals surface area contributed by atoms with Gasteiger partial charge in [-0.05, 0) is 36.2 Å². The average molecular weight is 372 g/mol. The number of aromatic nitrogens is 3. The van der Waals surface area contributed by atoms with Gasteiger partial charge in [0, 0.05) is 30.3 Å². The number of rotatable bonds is 4. The standard InChI is InChI=1S/C19H22N4S2/c1-14-16-9-11-25-17(16)8-10-22(14)13-23-19(24)21(2)18(20-23)12-15-6-4-3-5-7-15/h3-7,9,11,14H,8,10,12-13H2,1-2H3/p+1/t14-/m1/s1. The number of benzene rings is 1. The molecule has 0 saturated heterocycles. The summed E-state index contributed by atoms with van der Waals surface area (Å²) in [6, 6.07) is 13.2. The maximum atomic E-state index is 5.65. The second-order valence-electron chi connectivity index (χ2n) is 6.76. The summed E-state index contributed by atoms with van der Waals surface area (Å²) in [5.74, 6) is 1.02. The monoisotopic (exact) mass is 371 g/mol. The maximum Gasteiger partial charge on any atom is 0.202 e. The molecule has 1 aliphatic heterocycles. The molecule has 2 atom stereocenters. The van der Waals surface area contributed by atoms with Crippen LogP contribution in [0.1, 0.15) is 34.8 Å². The van der Waals surface area contributed by atoms with Crippen LogP contribution >= 0.6 is 23.6 Å². The summed E-state index contributed by atoms with van der Waals surface area (Å²) in [4.78, 5) is 3.08. The predicted molar refractivity (Wildman–Crippen MR) is 104 cm³/mol. The summed E-state index contributed by atoms with van der Waals surface area (Å²) < 4.78 is 4.87. The van der Waals surface area contributed by atoms with Gasteiger partial charge in [-0.3, -0.25) is 0 Å². The first-order valence-electron chi connectivity index (χ1n) is 8.71. The van der Waals surface area contributed by atoms with Crippen molar-refractivity contribution in [3.8, 4) is 0 Å². The topological polar surface area (TPSA) is 27.2 Å². The Morgan fingerprint density at radius 3 is 2.88 bits per heavy atom. The van der Waals surface area contributed by atoms with E-state index in [1.54, 1.807) is 4.88 Å². The molecule has 1 aromatic carbocycles. The van der Waals surface area contributed by atoms with E-state index in [9.17, 15) is 0 Å². The Morgan fingerprint density at radius 1 is 1.28 bits per heavy atom. The van der Waals surface area contributed by atoms with Crippen molar-refractivity contribution in [1.82, 2.24) is 14.3 Å². The van der Waals surface area contributed by atoms with Crippen LogP contribution in [0.25, 0.3) is 0 Å². The lowest BCUT2D eigenvalue weighted by Gasteiger charge is -2.30. The maximum absolute atomic E-state index is 5.65. The highest BCUT2D eigenvalue weighted by Gasteiger charge is 2.29. The Hall–Kier alpha value is -1.76. The van der Waals surface area contributed by atoms with E-state index in [1.807, 2.05) is 33.7 Å². The van der Waals surface area contributed by atoms with Gasteiger partial charge in [0.25, 0.3) is 0 Å². The average Bonchev–Trinajstić information content (AvgIpc) is 3.20. The van der Waals surface area contributed by atoms with Gasteiger partial charge in [-0.25, -0.2) is 0 Å². The molecule has 1 aliphatic rings. The molecular formula is C19H23N4S2+. The lowest BCUT2D eigenvalue weighted by atomic mass is 10.0. The van der Waals surface area contributed by atoms with Crippen LogP contribution in [0.3, 0.4) is 0 Å². The molecule has 6 heteroatoms. The number of nitrogens with one attached hydrogen (secondary N) is 1. The lowest BCUT2D eigenvalue weighted by molar-refractivity contribution is -0.954. The SMILES string of the molecule is C[C@@H]1c2ccsc2CC[NH+]1Cn1nc(Cc2ccccc2)n(C)c1=S. The van der Waals surface area contributed by atoms with E-state index in [2.05, 4.69) is 42.6 Å². The molecule has 0 bridgehead atoms. The molecule has 0 amide bonds. The van der Waals surface area contributed by atoms with E-state index < -0.39 is 0 Å². The molecule has 0 saturated carbocycles. The lowest BCUT2D eigenvalue weighted by Crippen LogP contribution is -3.12. The molecule has 3 aromatic rings. The number of fused-ring (bicyclic) bond motifs is 1. The molecule has 2 aromatic heterocycles. The molecule has 1 N–H and O–H groups in total. The Morgan fingerprint density at radius 2 is 2.08 bits per heavy atom. The van der Waals surface area contributed by atoms with Crippen LogP contribution in [-0.4, -0.2) is 20.9 Å². The highest BCUT2D eigenvalue weighted by atomic mass is 32.1. The van der Waals surface area contributed by atoms with Gasteiger partial charge in [-0.2, -0.15) is 9.78 Å². The van der Waals surface area contributed by atoms with E-state index in [1.165, 1.54) is 16.0 Å². The summed E-state index contributed by atoms with van der Waals surface area (Å²) in [7, 11) is 2.02. The van der Waals surface area contributed by atoms with Crippen LogP contribution in [0.2, 0.25) is 0 Å². The van der Waals surface area contributed by atoms with Gasteiger partial charge in [0.05, 0.1) is 6.54 Å². The molecule has 3 heterocycles. The smallest absolute Gasteiger partial charge is 0.202 e. The van der Waals surface area contributed by atoms with Gasteiger partial charge in [-0.1, -0.05) is 30.3 Å². The minimum atomic E-state index is 0.497. The van der Waals surface area contributed by atoms with Crippen molar-refractivity contribution in [2.24, 2.45) is 7.05 Å². The van der Waals surface area contributed by atoms with Crippen LogP contribution in [0.4, 0.5) is 0 Å². The normalized spacial score (nSPS) is 19.8. The van der Waals surface area contributed by atoms with Gasteiger partial charge in [-0.15, -0.1) is 11.3 Å². The first-order valence-corrected chi connectivity index (χ1v) is 9.99. The van der Waals surface area contributed by atoms with Gasteiger partial charge < -0.3 is 9.47 Å². The van der Waals surface area contributed by atoms with Crippen LogP contribution in [-0.2, 0) is 26.6 Å². The number of thiophene rings is 1. The van der Waals surface area contributed by atoms with Crippen molar-refractivity contribution in [3.63, 3.8) is 0 Å². The summed E-state index contributed by atoms with van der Waals surface area (Å²) >= 11 is 7.54. The molecule has 0 aliphatic carbocycles. The zero-order chi connectivity index (χ0) is 17.4. The summed E-state index contributed by atoms with van der Waals surface area (Å²) in [6.45, 7) is 4.29. The highest BCUT2D eigenvalue weighted by molar-refractivity contribution is 7.71. The van der Waals surface area contributed by atoms with Gasteiger partial charge in [0.2, 0.25) is 4.77 Å². The summed E-state index contributed by atoms with van der Waals surface area (Å²) in [5.41, 5.74) is 2.76. The van der Waals surface area contributed by atoms with Crippen LogP contribution in [0.5, 0.6) is 0 Å². The first kappa shape index (κ1) is 16.7. The van der Waals surface area contributed by atoms with Crippen molar-refractivity contribution in [1.29, 1.82) is 0 Å². The van der Waals surface area contributed by atoms with Crippen molar-refractivity contribution in [2.75, 3.05) is 6.54 Å².